The van der Waals surface area contributed by atoms with Gasteiger partial charge >= 0.3 is 11.9 Å². The maximum atomic E-state index is 11.5. The zero-order valence-corrected chi connectivity index (χ0v) is 15.1. The maximum Gasteiger partial charge on any atom is 0.326 e. The van der Waals surface area contributed by atoms with Crippen LogP contribution >= 0.6 is 0 Å². The molecule has 0 heterocycles. The summed E-state index contributed by atoms with van der Waals surface area (Å²) in [6, 6.07) is 8.96. The molecule has 1 atom stereocenters. The lowest BCUT2D eigenvalue weighted by Gasteiger charge is -2.30. The largest absolute Gasteiger partial charge is 0.481 e. The minimum Gasteiger partial charge on any atom is -0.481 e. The Morgan fingerprint density at radius 1 is 1.22 bits per heavy atom. The van der Waals surface area contributed by atoms with Crippen molar-refractivity contribution >= 4 is 27.4 Å². The summed E-state index contributed by atoms with van der Waals surface area (Å²) in [6.45, 7) is 4.50. The number of carbonyl (C=O) groups is 2. The average molecular weight is 339 g/mol. The fourth-order valence-corrected chi connectivity index (χ4v) is 3.35. The molecule has 0 radical (unpaired) electrons. The van der Waals surface area contributed by atoms with E-state index in [1.165, 1.54) is 0 Å². The lowest BCUT2D eigenvalue weighted by Crippen LogP contribution is -2.43. The fraction of sp³-hybridized carbons (Fsp3) is 0.500. The van der Waals surface area contributed by atoms with Gasteiger partial charge in [0.2, 0.25) is 0 Å². The number of hydrogen-bond donors (Lipinski definition) is 2. The third kappa shape index (κ3) is 7.29. The van der Waals surface area contributed by atoms with Crippen LogP contribution in [0, 0.1) is 0 Å². The van der Waals surface area contributed by atoms with Gasteiger partial charge in [0.05, 0.1) is 6.42 Å². The number of benzene rings is 1. The van der Waals surface area contributed by atoms with E-state index in [0.29, 0.717) is 6.54 Å². The summed E-state index contributed by atoms with van der Waals surface area (Å²) in [4.78, 5) is 24.2. The van der Waals surface area contributed by atoms with Gasteiger partial charge in [-0.25, -0.2) is 4.79 Å². The predicted octanol–water partition coefficient (Wildman–Crippen LogP) is 1.74. The Balaban J connectivity index is 2.76. The quantitative estimate of drug-likeness (QED) is 0.472. The number of aliphatic carboxylic acids is 2. The molecule has 7 heteroatoms. The Bertz CT molecular complexity index is 495. The SMILES string of the molecule is CC(C)O[SiH2]CCCN(c1ccccc1)C(CC(=O)O)C(=O)O. The van der Waals surface area contributed by atoms with Crippen molar-refractivity contribution in [3.8, 4) is 0 Å². The van der Waals surface area contributed by atoms with Gasteiger partial charge in [-0.05, 0) is 38.4 Å². The molecular formula is C16H25NO5Si. The van der Waals surface area contributed by atoms with Gasteiger partial charge in [0.1, 0.15) is 6.04 Å². The van der Waals surface area contributed by atoms with E-state index in [-0.39, 0.29) is 6.10 Å². The van der Waals surface area contributed by atoms with E-state index in [9.17, 15) is 14.7 Å². The van der Waals surface area contributed by atoms with Gasteiger partial charge in [-0.15, -0.1) is 0 Å². The van der Waals surface area contributed by atoms with Gasteiger partial charge in [0.25, 0.3) is 0 Å². The molecule has 23 heavy (non-hydrogen) atoms. The van der Waals surface area contributed by atoms with Crippen molar-refractivity contribution in [1.29, 1.82) is 0 Å². The first-order valence-corrected chi connectivity index (χ1v) is 9.37. The zero-order valence-electron chi connectivity index (χ0n) is 13.6. The standard InChI is InChI=1S/C16H25NO5Si/c1-12(2)22-23-10-6-9-17(13-7-4-3-5-8-13)14(16(20)21)11-15(18)19/h3-5,7-8,12,14H,6,9-11,23H2,1-2H3,(H,18,19)(H,20,21). The summed E-state index contributed by atoms with van der Waals surface area (Å²) < 4.78 is 5.61. The molecule has 0 amide bonds. The Labute approximate surface area is 139 Å². The monoisotopic (exact) mass is 339 g/mol. The van der Waals surface area contributed by atoms with E-state index in [0.717, 1.165) is 18.2 Å². The maximum absolute atomic E-state index is 11.5. The molecule has 0 aromatic heterocycles. The molecule has 0 bridgehead atoms. The normalized spacial score (nSPS) is 12.7. The number of hydrogen-bond acceptors (Lipinski definition) is 4. The van der Waals surface area contributed by atoms with Crippen LogP contribution in [-0.2, 0) is 14.0 Å². The van der Waals surface area contributed by atoms with E-state index < -0.39 is 34.2 Å². The lowest BCUT2D eigenvalue weighted by atomic mass is 10.1. The Hall–Kier alpha value is -1.86. The summed E-state index contributed by atoms with van der Waals surface area (Å²) in [5.74, 6) is -2.23. The summed E-state index contributed by atoms with van der Waals surface area (Å²) in [5.41, 5.74) is 0.729. The van der Waals surface area contributed by atoms with Gasteiger partial charge in [-0.2, -0.15) is 0 Å². The molecule has 0 spiro atoms. The second-order valence-electron chi connectivity index (χ2n) is 5.61. The highest BCUT2D eigenvalue weighted by molar-refractivity contribution is 6.27. The van der Waals surface area contributed by atoms with E-state index in [4.69, 9.17) is 9.53 Å². The molecule has 0 saturated carbocycles. The van der Waals surface area contributed by atoms with Crippen LogP contribution in [0.4, 0.5) is 5.69 Å². The highest BCUT2D eigenvalue weighted by Gasteiger charge is 2.28. The molecule has 0 saturated heterocycles. The van der Waals surface area contributed by atoms with Crippen molar-refractivity contribution in [2.45, 2.75) is 44.9 Å². The first-order valence-electron chi connectivity index (χ1n) is 7.79. The van der Waals surface area contributed by atoms with E-state index >= 15 is 0 Å². The fourth-order valence-electron chi connectivity index (χ4n) is 2.28. The highest BCUT2D eigenvalue weighted by atomic mass is 28.2. The Kier molecular flexibility index (Phi) is 8.35. The molecule has 0 aliphatic heterocycles. The smallest absolute Gasteiger partial charge is 0.326 e. The van der Waals surface area contributed by atoms with Gasteiger partial charge in [0, 0.05) is 18.3 Å². The average Bonchev–Trinajstić information content (AvgIpc) is 2.49. The van der Waals surface area contributed by atoms with E-state index in [1.807, 2.05) is 32.0 Å². The van der Waals surface area contributed by atoms with Crippen molar-refractivity contribution in [2.24, 2.45) is 0 Å². The van der Waals surface area contributed by atoms with Crippen LogP contribution in [0.25, 0.3) is 0 Å². The molecule has 128 valence electrons. The van der Waals surface area contributed by atoms with Crippen molar-refractivity contribution in [1.82, 2.24) is 0 Å². The molecular weight excluding hydrogens is 314 g/mol. The minimum absolute atomic E-state index is 0.227. The summed E-state index contributed by atoms with van der Waals surface area (Å²) in [6.07, 6.45) is 0.590. The molecule has 6 nitrogen and oxygen atoms in total. The lowest BCUT2D eigenvalue weighted by molar-refractivity contribution is -0.145. The summed E-state index contributed by atoms with van der Waals surface area (Å²) in [5, 5.41) is 18.4. The molecule has 0 aliphatic rings. The molecule has 1 unspecified atom stereocenters. The van der Waals surface area contributed by atoms with Gasteiger partial charge in [-0.1, -0.05) is 18.2 Å². The van der Waals surface area contributed by atoms with Crippen molar-refractivity contribution in [3.63, 3.8) is 0 Å². The van der Waals surface area contributed by atoms with Crippen LogP contribution in [0.1, 0.15) is 26.7 Å². The van der Waals surface area contributed by atoms with Crippen LogP contribution < -0.4 is 4.90 Å². The topological polar surface area (TPSA) is 87.1 Å². The third-order valence-electron chi connectivity index (χ3n) is 3.36. The van der Waals surface area contributed by atoms with Crippen LogP contribution in [0.2, 0.25) is 6.04 Å². The predicted molar refractivity (Wildman–Crippen MR) is 91.7 cm³/mol. The van der Waals surface area contributed by atoms with Crippen LogP contribution in [0.15, 0.2) is 30.3 Å². The second kappa shape index (κ2) is 10.0. The third-order valence-corrected chi connectivity index (χ3v) is 5.05. The number of anilines is 1. The number of carboxylic acid groups (broad SMARTS) is 2. The van der Waals surface area contributed by atoms with Crippen molar-refractivity contribution < 1.29 is 24.2 Å². The molecule has 0 aliphatic carbocycles. The molecule has 0 fully saturated rings. The first kappa shape index (κ1) is 19.2. The van der Waals surface area contributed by atoms with E-state index in [2.05, 4.69) is 0 Å². The second-order valence-corrected chi connectivity index (χ2v) is 7.06. The highest BCUT2D eigenvalue weighted by Crippen LogP contribution is 2.19. The molecule has 1 aromatic carbocycles. The summed E-state index contributed by atoms with van der Waals surface area (Å²) >= 11 is 0. The van der Waals surface area contributed by atoms with Gasteiger partial charge < -0.3 is 19.5 Å². The van der Waals surface area contributed by atoms with Crippen molar-refractivity contribution in [2.75, 3.05) is 11.4 Å². The van der Waals surface area contributed by atoms with Gasteiger partial charge in [0.15, 0.2) is 9.76 Å². The Morgan fingerprint density at radius 2 is 1.87 bits per heavy atom. The number of nitrogens with zero attached hydrogens (tertiary/aromatic N) is 1. The van der Waals surface area contributed by atoms with Crippen molar-refractivity contribution in [3.05, 3.63) is 30.3 Å². The van der Waals surface area contributed by atoms with E-state index in [1.54, 1.807) is 17.0 Å². The summed E-state index contributed by atoms with van der Waals surface area (Å²) in [7, 11) is -0.615. The minimum atomic E-state index is -1.12. The number of para-hydroxylation sites is 1. The molecule has 1 aromatic rings. The first-order chi connectivity index (χ1) is 10.9. The zero-order chi connectivity index (χ0) is 17.2. The van der Waals surface area contributed by atoms with Crippen LogP contribution in [0.5, 0.6) is 0 Å². The Morgan fingerprint density at radius 3 is 2.39 bits per heavy atom. The van der Waals surface area contributed by atoms with Gasteiger partial charge in [-0.3, -0.25) is 4.79 Å². The number of carboxylic acids is 2. The molecule has 2 N–H and O–H groups in total. The molecule has 1 rings (SSSR count). The van der Waals surface area contributed by atoms with Crippen LogP contribution in [0.3, 0.4) is 0 Å². The van der Waals surface area contributed by atoms with Crippen LogP contribution in [-0.4, -0.2) is 50.6 Å². The number of rotatable bonds is 11.